The van der Waals surface area contributed by atoms with Gasteiger partial charge in [0.25, 0.3) is 0 Å². The standard InChI is InChI=1S/C16H33N3O/c1-14(12-17-8-5-11-20-3)19-10-7-16-15(13-19)6-4-9-18(16)2/h14-17H,4-13H2,1-3H3. The minimum absolute atomic E-state index is 0.658. The summed E-state index contributed by atoms with van der Waals surface area (Å²) in [5.41, 5.74) is 0. The normalized spacial score (nSPS) is 30.1. The molecule has 0 aromatic carbocycles. The number of hydrogen-bond donors (Lipinski definition) is 1. The Morgan fingerprint density at radius 3 is 2.95 bits per heavy atom. The van der Waals surface area contributed by atoms with E-state index in [1.165, 1.54) is 38.9 Å². The van der Waals surface area contributed by atoms with E-state index in [-0.39, 0.29) is 0 Å². The molecular formula is C16H33N3O. The molecule has 1 N–H and O–H groups in total. The van der Waals surface area contributed by atoms with Crippen molar-refractivity contribution in [1.29, 1.82) is 0 Å². The third-order valence-electron chi connectivity index (χ3n) is 5.14. The number of likely N-dealkylation sites (tertiary alicyclic amines) is 2. The van der Waals surface area contributed by atoms with Crippen molar-refractivity contribution in [2.45, 2.75) is 44.7 Å². The average Bonchev–Trinajstić information content (AvgIpc) is 2.47. The van der Waals surface area contributed by atoms with E-state index in [0.29, 0.717) is 6.04 Å². The van der Waals surface area contributed by atoms with Crippen LogP contribution in [0, 0.1) is 5.92 Å². The molecule has 2 heterocycles. The molecule has 2 aliphatic heterocycles. The van der Waals surface area contributed by atoms with Crippen molar-refractivity contribution in [2.24, 2.45) is 5.92 Å². The number of methoxy groups -OCH3 is 1. The molecule has 2 saturated heterocycles. The first-order valence-electron chi connectivity index (χ1n) is 8.36. The van der Waals surface area contributed by atoms with Gasteiger partial charge in [0.05, 0.1) is 0 Å². The third-order valence-corrected chi connectivity index (χ3v) is 5.14. The second-order valence-electron chi connectivity index (χ2n) is 6.63. The maximum atomic E-state index is 5.08. The Hall–Kier alpha value is -0.160. The van der Waals surface area contributed by atoms with Crippen LogP contribution in [0.5, 0.6) is 0 Å². The fourth-order valence-corrected chi connectivity index (χ4v) is 3.86. The van der Waals surface area contributed by atoms with Crippen LogP contribution in [0.3, 0.4) is 0 Å². The highest BCUT2D eigenvalue weighted by Gasteiger charge is 2.35. The Bertz CT molecular complexity index is 274. The van der Waals surface area contributed by atoms with Gasteiger partial charge in [0, 0.05) is 38.9 Å². The van der Waals surface area contributed by atoms with E-state index in [1.807, 2.05) is 0 Å². The minimum Gasteiger partial charge on any atom is -0.385 e. The van der Waals surface area contributed by atoms with Crippen molar-refractivity contribution in [3.05, 3.63) is 0 Å². The molecule has 3 unspecified atom stereocenters. The fraction of sp³-hybridized carbons (Fsp3) is 1.00. The lowest BCUT2D eigenvalue weighted by atomic mass is 9.84. The van der Waals surface area contributed by atoms with Crippen molar-refractivity contribution < 1.29 is 4.74 Å². The van der Waals surface area contributed by atoms with Gasteiger partial charge in [0.2, 0.25) is 0 Å². The van der Waals surface area contributed by atoms with Crippen LogP contribution in [0.25, 0.3) is 0 Å². The summed E-state index contributed by atoms with van der Waals surface area (Å²) in [6, 6.07) is 1.51. The zero-order valence-electron chi connectivity index (χ0n) is 13.6. The molecule has 20 heavy (non-hydrogen) atoms. The number of ether oxygens (including phenoxy) is 1. The van der Waals surface area contributed by atoms with Crippen LogP contribution in [0.1, 0.15) is 32.6 Å². The largest absolute Gasteiger partial charge is 0.385 e. The Labute approximate surface area is 124 Å². The first-order chi connectivity index (χ1) is 9.72. The highest BCUT2D eigenvalue weighted by atomic mass is 16.5. The molecule has 0 amide bonds. The fourth-order valence-electron chi connectivity index (χ4n) is 3.86. The molecule has 4 nitrogen and oxygen atoms in total. The van der Waals surface area contributed by atoms with Crippen LogP contribution >= 0.6 is 0 Å². The lowest BCUT2D eigenvalue weighted by Gasteiger charge is -2.47. The number of nitrogens with zero attached hydrogens (tertiary/aromatic N) is 2. The van der Waals surface area contributed by atoms with Gasteiger partial charge in [-0.25, -0.2) is 0 Å². The minimum atomic E-state index is 0.658. The summed E-state index contributed by atoms with van der Waals surface area (Å²) < 4.78 is 5.08. The van der Waals surface area contributed by atoms with Crippen molar-refractivity contribution in [2.75, 3.05) is 53.5 Å². The summed E-state index contributed by atoms with van der Waals surface area (Å²) in [5.74, 6) is 0.901. The summed E-state index contributed by atoms with van der Waals surface area (Å²) in [5, 5.41) is 3.57. The molecule has 2 fully saturated rings. The molecule has 0 aromatic heterocycles. The number of piperidine rings is 2. The summed E-state index contributed by atoms with van der Waals surface area (Å²) in [6.45, 7) is 9.29. The van der Waals surface area contributed by atoms with Crippen LogP contribution in [0.15, 0.2) is 0 Å². The molecule has 0 spiro atoms. The summed E-state index contributed by atoms with van der Waals surface area (Å²) in [6.07, 6.45) is 5.28. The molecule has 0 aromatic rings. The van der Waals surface area contributed by atoms with Crippen LogP contribution in [0.4, 0.5) is 0 Å². The van der Waals surface area contributed by atoms with Crippen molar-refractivity contribution in [1.82, 2.24) is 15.1 Å². The highest BCUT2D eigenvalue weighted by Crippen LogP contribution is 2.30. The van der Waals surface area contributed by atoms with E-state index in [2.05, 4.69) is 29.1 Å². The molecular weight excluding hydrogens is 250 g/mol. The lowest BCUT2D eigenvalue weighted by molar-refractivity contribution is 0.0233. The lowest BCUT2D eigenvalue weighted by Crippen LogP contribution is -2.55. The maximum Gasteiger partial charge on any atom is 0.0474 e. The predicted molar refractivity (Wildman–Crippen MR) is 84.2 cm³/mol. The van der Waals surface area contributed by atoms with Gasteiger partial charge in [-0.2, -0.15) is 0 Å². The van der Waals surface area contributed by atoms with Gasteiger partial charge in [0.1, 0.15) is 0 Å². The van der Waals surface area contributed by atoms with Crippen molar-refractivity contribution >= 4 is 0 Å². The van der Waals surface area contributed by atoms with E-state index in [9.17, 15) is 0 Å². The third kappa shape index (κ3) is 4.42. The molecule has 0 radical (unpaired) electrons. The van der Waals surface area contributed by atoms with Crippen molar-refractivity contribution in [3.8, 4) is 0 Å². The maximum absolute atomic E-state index is 5.08. The van der Waals surface area contributed by atoms with Gasteiger partial charge in [-0.15, -0.1) is 0 Å². The summed E-state index contributed by atoms with van der Waals surface area (Å²) >= 11 is 0. The van der Waals surface area contributed by atoms with Crippen molar-refractivity contribution in [3.63, 3.8) is 0 Å². The average molecular weight is 283 g/mol. The second-order valence-corrected chi connectivity index (χ2v) is 6.63. The van der Waals surface area contributed by atoms with Gasteiger partial charge in [0.15, 0.2) is 0 Å². The van der Waals surface area contributed by atoms with Gasteiger partial charge in [-0.1, -0.05) is 0 Å². The van der Waals surface area contributed by atoms with E-state index < -0.39 is 0 Å². The first-order valence-corrected chi connectivity index (χ1v) is 8.36. The van der Waals surface area contributed by atoms with E-state index in [4.69, 9.17) is 4.74 Å². The molecule has 118 valence electrons. The molecule has 0 aliphatic carbocycles. The predicted octanol–water partition coefficient (Wildman–Crippen LogP) is 1.42. The molecule has 0 bridgehead atoms. The number of nitrogens with one attached hydrogen (secondary N) is 1. The molecule has 4 heteroatoms. The molecule has 3 atom stereocenters. The Balaban J connectivity index is 1.68. The second kappa shape index (κ2) is 8.32. The molecule has 2 rings (SSSR count). The zero-order valence-corrected chi connectivity index (χ0v) is 13.6. The van der Waals surface area contributed by atoms with Crippen LogP contribution in [-0.4, -0.2) is 75.4 Å². The van der Waals surface area contributed by atoms with Crippen LogP contribution < -0.4 is 5.32 Å². The monoisotopic (exact) mass is 283 g/mol. The molecule has 2 aliphatic rings. The summed E-state index contributed by atoms with van der Waals surface area (Å²) in [4.78, 5) is 5.29. The van der Waals surface area contributed by atoms with Gasteiger partial charge in [-0.05, 0) is 65.2 Å². The Morgan fingerprint density at radius 1 is 1.30 bits per heavy atom. The van der Waals surface area contributed by atoms with E-state index in [1.54, 1.807) is 7.11 Å². The number of hydrogen-bond acceptors (Lipinski definition) is 4. The van der Waals surface area contributed by atoms with Gasteiger partial charge in [-0.3, -0.25) is 4.90 Å². The topological polar surface area (TPSA) is 27.7 Å². The smallest absolute Gasteiger partial charge is 0.0474 e. The zero-order chi connectivity index (χ0) is 14.4. The number of rotatable bonds is 7. The molecule has 0 saturated carbocycles. The SMILES string of the molecule is COCCCNCC(C)N1CCC2C(CCCN2C)C1. The van der Waals surface area contributed by atoms with Gasteiger partial charge < -0.3 is 15.0 Å². The van der Waals surface area contributed by atoms with E-state index >= 15 is 0 Å². The van der Waals surface area contributed by atoms with Crippen LogP contribution in [0.2, 0.25) is 0 Å². The number of fused-ring (bicyclic) bond motifs is 1. The highest BCUT2D eigenvalue weighted by molar-refractivity contribution is 4.90. The van der Waals surface area contributed by atoms with Crippen LogP contribution in [-0.2, 0) is 4.74 Å². The quantitative estimate of drug-likeness (QED) is 0.715. The first kappa shape index (κ1) is 16.2. The van der Waals surface area contributed by atoms with Gasteiger partial charge >= 0.3 is 0 Å². The Morgan fingerprint density at radius 2 is 2.15 bits per heavy atom. The summed E-state index contributed by atoms with van der Waals surface area (Å²) in [7, 11) is 4.08. The van der Waals surface area contributed by atoms with E-state index in [0.717, 1.165) is 38.1 Å². The Kier molecular flexibility index (Phi) is 6.75.